The number of nitro benzene ring substituents is 1. The van der Waals surface area contributed by atoms with Crippen molar-refractivity contribution in [3.8, 4) is 0 Å². The topological polar surface area (TPSA) is 128 Å². The number of carbonyl (C=O) groups excluding carboxylic acids is 3. The van der Waals surface area contributed by atoms with Crippen LogP contribution in [-0.4, -0.2) is 35.4 Å². The second kappa shape index (κ2) is 8.90. The minimum atomic E-state index is -1.20. The van der Waals surface area contributed by atoms with Gasteiger partial charge in [-0.15, -0.1) is 11.3 Å². The van der Waals surface area contributed by atoms with Gasteiger partial charge in [-0.1, -0.05) is 12.1 Å². The molecule has 142 valence electrons. The molecule has 1 atom stereocenters. The third-order valence-corrected chi connectivity index (χ3v) is 4.39. The van der Waals surface area contributed by atoms with E-state index in [1.165, 1.54) is 42.5 Å². The summed E-state index contributed by atoms with van der Waals surface area (Å²) in [6, 6.07) is 9.04. The molecule has 1 heterocycles. The van der Waals surface area contributed by atoms with Gasteiger partial charge in [-0.2, -0.15) is 0 Å². The summed E-state index contributed by atoms with van der Waals surface area (Å²) in [5.41, 5.74) is -0.278. The van der Waals surface area contributed by atoms with Crippen molar-refractivity contribution in [1.82, 2.24) is 5.32 Å². The Kier molecular flexibility index (Phi) is 6.61. The van der Waals surface area contributed by atoms with Crippen molar-refractivity contribution in [3.05, 3.63) is 56.3 Å². The van der Waals surface area contributed by atoms with Gasteiger partial charge in [0.1, 0.15) is 12.2 Å². The van der Waals surface area contributed by atoms with Crippen LogP contribution >= 0.6 is 11.3 Å². The number of hydrogen-bond donors (Lipinski definition) is 2. The molecule has 0 spiro atoms. The van der Waals surface area contributed by atoms with Crippen molar-refractivity contribution >= 4 is 40.5 Å². The van der Waals surface area contributed by atoms with Gasteiger partial charge in [0.2, 0.25) is 0 Å². The summed E-state index contributed by atoms with van der Waals surface area (Å²) in [4.78, 5) is 47.5. The first-order chi connectivity index (χ1) is 12.8. The number of anilines is 1. The third-order valence-electron chi connectivity index (χ3n) is 3.39. The summed E-state index contributed by atoms with van der Waals surface area (Å²) >= 11 is 1.29. The number of nitro groups is 1. The number of thiophene rings is 1. The maximum absolute atomic E-state index is 12.1. The summed E-state index contributed by atoms with van der Waals surface area (Å²) in [6.07, 6.45) is -1.20. The fraction of sp³-hybridized carbons (Fsp3) is 0.235. The lowest BCUT2D eigenvalue weighted by Gasteiger charge is -2.13. The Bertz CT molecular complexity index is 879. The highest BCUT2D eigenvalue weighted by Gasteiger charge is 2.22. The lowest BCUT2D eigenvalue weighted by molar-refractivity contribution is -0.383. The van der Waals surface area contributed by atoms with Crippen LogP contribution < -0.4 is 10.6 Å². The minimum absolute atomic E-state index is 0.00299. The molecule has 0 aliphatic heterocycles. The van der Waals surface area contributed by atoms with Gasteiger partial charge in [-0.25, -0.2) is 0 Å². The molecule has 0 bridgehead atoms. The number of carbonyl (C=O) groups is 3. The van der Waals surface area contributed by atoms with Crippen LogP contribution in [0, 0.1) is 17.0 Å². The quantitative estimate of drug-likeness (QED) is 0.423. The average molecular weight is 391 g/mol. The average Bonchev–Trinajstić information content (AvgIpc) is 3.06. The molecule has 1 aromatic carbocycles. The molecule has 10 heteroatoms. The number of hydrogen-bond acceptors (Lipinski definition) is 7. The van der Waals surface area contributed by atoms with E-state index in [0.717, 1.165) is 4.88 Å². The summed E-state index contributed by atoms with van der Waals surface area (Å²) in [5.74, 6) is -1.94. The Labute approximate surface area is 158 Å². The molecule has 0 aliphatic carbocycles. The number of benzene rings is 1. The normalized spacial score (nSPS) is 11.3. The molecule has 2 rings (SSSR count). The smallest absolute Gasteiger partial charge is 0.326 e. The fourth-order valence-corrected chi connectivity index (χ4v) is 2.85. The van der Waals surface area contributed by atoms with E-state index in [0.29, 0.717) is 4.88 Å². The van der Waals surface area contributed by atoms with Gasteiger partial charge in [-0.05, 0) is 32.0 Å². The van der Waals surface area contributed by atoms with Gasteiger partial charge < -0.3 is 15.4 Å². The van der Waals surface area contributed by atoms with E-state index >= 15 is 0 Å². The monoisotopic (exact) mass is 391 g/mol. The molecule has 27 heavy (non-hydrogen) atoms. The van der Waals surface area contributed by atoms with Crippen molar-refractivity contribution < 1.29 is 24.0 Å². The Morgan fingerprint density at radius 3 is 2.56 bits per heavy atom. The first-order valence-corrected chi connectivity index (χ1v) is 8.68. The number of para-hydroxylation sites is 2. The van der Waals surface area contributed by atoms with E-state index in [9.17, 15) is 24.5 Å². The van der Waals surface area contributed by atoms with E-state index in [4.69, 9.17) is 4.74 Å². The highest BCUT2D eigenvalue weighted by Crippen LogP contribution is 2.23. The number of amides is 2. The zero-order valence-corrected chi connectivity index (χ0v) is 15.4. The van der Waals surface area contributed by atoms with Gasteiger partial charge in [-0.3, -0.25) is 24.5 Å². The maximum Gasteiger partial charge on any atom is 0.326 e. The van der Waals surface area contributed by atoms with Crippen molar-refractivity contribution in [2.45, 2.75) is 20.0 Å². The van der Waals surface area contributed by atoms with E-state index in [1.54, 1.807) is 12.1 Å². The standard InChI is InChI=1S/C17H17N3O6S/c1-10-7-8-14(27-10)17(23)18-9-15(21)26-11(2)16(22)19-12-5-3-4-6-13(12)20(24)25/h3-8,11H,9H2,1-2H3,(H,18,23)(H,19,22)/t11-/m1/s1. The number of rotatable bonds is 7. The summed E-state index contributed by atoms with van der Waals surface area (Å²) < 4.78 is 4.94. The molecule has 2 N–H and O–H groups in total. The van der Waals surface area contributed by atoms with Crippen LogP contribution in [0.1, 0.15) is 21.5 Å². The van der Waals surface area contributed by atoms with Crippen molar-refractivity contribution in [3.63, 3.8) is 0 Å². The molecular formula is C17H17N3O6S. The fourth-order valence-electron chi connectivity index (χ4n) is 2.06. The highest BCUT2D eigenvalue weighted by molar-refractivity contribution is 7.13. The Morgan fingerprint density at radius 2 is 1.93 bits per heavy atom. The second-order valence-corrected chi connectivity index (χ2v) is 6.78. The van der Waals surface area contributed by atoms with Crippen molar-refractivity contribution in [1.29, 1.82) is 0 Å². The molecule has 0 fully saturated rings. The second-order valence-electron chi connectivity index (χ2n) is 5.49. The number of aryl methyl sites for hydroxylation is 1. The van der Waals surface area contributed by atoms with Crippen LogP contribution in [-0.2, 0) is 14.3 Å². The third kappa shape index (κ3) is 5.61. The van der Waals surface area contributed by atoms with E-state index < -0.39 is 35.4 Å². The Hall–Kier alpha value is -3.27. The molecule has 0 saturated carbocycles. The van der Waals surface area contributed by atoms with Gasteiger partial charge >= 0.3 is 5.97 Å². The predicted molar refractivity (Wildman–Crippen MR) is 98.7 cm³/mol. The molecule has 2 amide bonds. The van der Waals surface area contributed by atoms with Crippen molar-refractivity contribution in [2.24, 2.45) is 0 Å². The SMILES string of the molecule is Cc1ccc(C(=O)NCC(=O)O[C@H](C)C(=O)Nc2ccccc2[N+](=O)[O-])s1. The number of nitrogens with zero attached hydrogens (tertiary/aromatic N) is 1. The number of ether oxygens (including phenoxy) is 1. The predicted octanol–water partition coefficient (Wildman–Crippen LogP) is 2.26. The summed E-state index contributed by atoms with van der Waals surface area (Å²) in [5, 5.41) is 15.7. The largest absolute Gasteiger partial charge is 0.451 e. The molecular weight excluding hydrogens is 374 g/mol. The lowest BCUT2D eigenvalue weighted by atomic mass is 10.2. The highest BCUT2D eigenvalue weighted by atomic mass is 32.1. The van der Waals surface area contributed by atoms with Gasteiger partial charge in [0, 0.05) is 10.9 Å². The van der Waals surface area contributed by atoms with E-state index in [1.807, 2.05) is 6.92 Å². The molecule has 0 saturated heterocycles. The molecule has 1 aromatic heterocycles. The molecule has 9 nitrogen and oxygen atoms in total. The van der Waals surface area contributed by atoms with Crippen LogP contribution in [0.15, 0.2) is 36.4 Å². The zero-order valence-electron chi connectivity index (χ0n) is 14.6. The van der Waals surface area contributed by atoms with Gasteiger partial charge in [0.05, 0.1) is 9.80 Å². The van der Waals surface area contributed by atoms with E-state index in [-0.39, 0.29) is 11.4 Å². The molecule has 0 radical (unpaired) electrons. The van der Waals surface area contributed by atoms with Crippen molar-refractivity contribution in [2.75, 3.05) is 11.9 Å². The number of esters is 1. The minimum Gasteiger partial charge on any atom is -0.451 e. The Morgan fingerprint density at radius 1 is 1.22 bits per heavy atom. The lowest BCUT2D eigenvalue weighted by Crippen LogP contribution is -2.35. The van der Waals surface area contributed by atoms with Gasteiger partial charge in [0.15, 0.2) is 6.10 Å². The molecule has 2 aromatic rings. The first kappa shape index (κ1) is 20.0. The van der Waals surface area contributed by atoms with Crippen LogP contribution in [0.5, 0.6) is 0 Å². The maximum atomic E-state index is 12.1. The zero-order chi connectivity index (χ0) is 20.0. The first-order valence-electron chi connectivity index (χ1n) is 7.86. The summed E-state index contributed by atoms with van der Waals surface area (Å²) in [6.45, 7) is 2.78. The van der Waals surface area contributed by atoms with Crippen LogP contribution in [0.4, 0.5) is 11.4 Å². The molecule has 0 aliphatic rings. The van der Waals surface area contributed by atoms with Crippen LogP contribution in [0.3, 0.4) is 0 Å². The number of nitrogens with one attached hydrogen (secondary N) is 2. The van der Waals surface area contributed by atoms with Crippen LogP contribution in [0.2, 0.25) is 0 Å². The van der Waals surface area contributed by atoms with E-state index in [2.05, 4.69) is 10.6 Å². The van der Waals surface area contributed by atoms with Crippen LogP contribution in [0.25, 0.3) is 0 Å². The van der Waals surface area contributed by atoms with Gasteiger partial charge in [0.25, 0.3) is 17.5 Å². The summed E-state index contributed by atoms with van der Waals surface area (Å²) in [7, 11) is 0. The molecule has 0 unspecified atom stereocenters. The Balaban J connectivity index is 1.86.